The van der Waals surface area contributed by atoms with Crippen LogP contribution in [0.25, 0.3) is 0 Å². The zero-order valence-electron chi connectivity index (χ0n) is 6.63. The van der Waals surface area contributed by atoms with Crippen LogP contribution in [0.5, 0.6) is 0 Å². The van der Waals surface area contributed by atoms with Gasteiger partial charge in [0.25, 0.3) is 0 Å². The standard InChI is InChI=1S/C7H12ClN3/c1-2-5-11-7(3-4-8)6-9-10-11/h6H,2-5H2,1H3. The monoisotopic (exact) mass is 173 g/mol. The van der Waals surface area contributed by atoms with Crippen molar-refractivity contribution in [1.82, 2.24) is 15.0 Å². The Balaban J connectivity index is 2.62. The van der Waals surface area contributed by atoms with Crippen LogP contribution in [0.2, 0.25) is 0 Å². The van der Waals surface area contributed by atoms with Gasteiger partial charge in [-0.05, 0) is 6.42 Å². The first-order chi connectivity index (χ1) is 5.38. The summed E-state index contributed by atoms with van der Waals surface area (Å²) in [5, 5.41) is 7.75. The molecule has 0 fully saturated rings. The summed E-state index contributed by atoms with van der Waals surface area (Å²) in [6.07, 6.45) is 3.71. The van der Waals surface area contributed by atoms with Gasteiger partial charge in [-0.2, -0.15) is 0 Å². The number of rotatable bonds is 4. The number of hydrogen-bond donors (Lipinski definition) is 0. The third-order valence-electron chi connectivity index (χ3n) is 1.48. The van der Waals surface area contributed by atoms with Crippen LogP contribution >= 0.6 is 11.6 Å². The zero-order valence-corrected chi connectivity index (χ0v) is 7.38. The molecule has 0 aromatic carbocycles. The van der Waals surface area contributed by atoms with Crippen LogP contribution in [-0.2, 0) is 13.0 Å². The van der Waals surface area contributed by atoms with Crippen molar-refractivity contribution in [3.8, 4) is 0 Å². The zero-order chi connectivity index (χ0) is 8.10. The third kappa shape index (κ3) is 2.19. The Bertz CT molecular complexity index is 189. The summed E-state index contributed by atoms with van der Waals surface area (Å²) in [5.41, 5.74) is 1.13. The highest BCUT2D eigenvalue weighted by Crippen LogP contribution is 1.99. The Kier molecular flexibility index (Phi) is 3.36. The number of aryl methyl sites for hydroxylation is 2. The van der Waals surface area contributed by atoms with Crippen LogP contribution in [-0.4, -0.2) is 20.9 Å². The highest BCUT2D eigenvalue weighted by atomic mass is 35.5. The minimum absolute atomic E-state index is 0.636. The smallest absolute Gasteiger partial charge is 0.0725 e. The molecule has 0 aliphatic heterocycles. The lowest BCUT2D eigenvalue weighted by Crippen LogP contribution is -2.04. The molecule has 0 unspecified atom stereocenters. The maximum absolute atomic E-state index is 5.60. The number of nitrogens with zero attached hydrogens (tertiary/aromatic N) is 3. The Morgan fingerprint density at radius 3 is 3.09 bits per heavy atom. The van der Waals surface area contributed by atoms with Gasteiger partial charge in [0, 0.05) is 18.8 Å². The Hall–Kier alpha value is -0.570. The van der Waals surface area contributed by atoms with E-state index in [1.807, 2.05) is 4.68 Å². The second-order valence-corrected chi connectivity index (χ2v) is 2.77. The Morgan fingerprint density at radius 1 is 1.64 bits per heavy atom. The van der Waals surface area contributed by atoms with E-state index in [9.17, 15) is 0 Å². The van der Waals surface area contributed by atoms with Gasteiger partial charge in [0.05, 0.1) is 11.9 Å². The van der Waals surface area contributed by atoms with E-state index >= 15 is 0 Å². The lowest BCUT2D eigenvalue weighted by atomic mass is 10.3. The summed E-state index contributed by atoms with van der Waals surface area (Å²) in [7, 11) is 0. The molecular weight excluding hydrogens is 162 g/mol. The summed E-state index contributed by atoms with van der Waals surface area (Å²) in [6, 6.07) is 0. The molecule has 3 nitrogen and oxygen atoms in total. The molecule has 0 radical (unpaired) electrons. The summed E-state index contributed by atoms with van der Waals surface area (Å²) < 4.78 is 1.91. The van der Waals surface area contributed by atoms with Gasteiger partial charge in [-0.1, -0.05) is 12.1 Å². The first-order valence-electron chi connectivity index (χ1n) is 3.81. The quantitative estimate of drug-likeness (QED) is 0.646. The van der Waals surface area contributed by atoms with Gasteiger partial charge in [-0.15, -0.1) is 16.7 Å². The first-order valence-corrected chi connectivity index (χ1v) is 4.35. The number of halogens is 1. The lowest BCUT2D eigenvalue weighted by Gasteiger charge is -2.00. The van der Waals surface area contributed by atoms with E-state index in [1.54, 1.807) is 6.20 Å². The van der Waals surface area contributed by atoms with Gasteiger partial charge in [0.2, 0.25) is 0 Å². The molecule has 11 heavy (non-hydrogen) atoms. The van der Waals surface area contributed by atoms with Crippen LogP contribution in [0.15, 0.2) is 6.20 Å². The highest BCUT2D eigenvalue weighted by molar-refractivity contribution is 6.17. The first kappa shape index (κ1) is 8.53. The summed E-state index contributed by atoms with van der Waals surface area (Å²) in [6.45, 7) is 3.05. The summed E-state index contributed by atoms with van der Waals surface area (Å²) in [5.74, 6) is 0.636. The molecule has 1 rings (SSSR count). The van der Waals surface area contributed by atoms with E-state index < -0.39 is 0 Å². The van der Waals surface area contributed by atoms with Crippen LogP contribution in [0.4, 0.5) is 0 Å². The molecule has 1 heterocycles. The molecule has 0 N–H and O–H groups in total. The van der Waals surface area contributed by atoms with Crippen molar-refractivity contribution in [3.05, 3.63) is 11.9 Å². The third-order valence-corrected chi connectivity index (χ3v) is 1.67. The predicted octanol–water partition coefficient (Wildman–Crippen LogP) is 1.47. The molecule has 1 aromatic heterocycles. The normalized spacial score (nSPS) is 10.4. The van der Waals surface area contributed by atoms with Gasteiger partial charge >= 0.3 is 0 Å². The van der Waals surface area contributed by atoms with Gasteiger partial charge in [0.1, 0.15) is 0 Å². The molecule has 4 heteroatoms. The van der Waals surface area contributed by atoms with Crippen molar-refractivity contribution in [3.63, 3.8) is 0 Å². The van der Waals surface area contributed by atoms with Crippen molar-refractivity contribution in [2.75, 3.05) is 5.88 Å². The SMILES string of the molecule is CCCn1nncc1CCCl. The van der Waals surface area contributed by atoms with Crippen molar-refractivity contribution < 1.29 is 0 Å². The van der Waals surface area contributed by atoms with Crippen LogP contribution in [0, 0.1) is 0 Å². The van der Waals surface area contributed by atoms with Crippen molar-refractivity contribution in [2.24, 2.45) is 0 Å². The maximum atomic E-state index is 5.60. The molecule has 0 amide bonds. The van der Waals surface area contributed by atoms with Crippen LogP contribution in [0.3, 0.4) is 0 Å². The molecule has 62 valence electrons. The van der Waals surface area contributed by atoms with Crippen LogP contribution in [0.1, 0.15) is 19.0 Å². The molecule has 0 saturated heterocycles. The summed E-state index contributed by atoms with van der Waals surface area (Å²) in [4.78, 5) is 0. The van der Waals surface area contributed by atoms with Crippen LogP contribution < -0.4 is 0 Å². The van der Waals surface area contributed by atoms with E-state index in [0.717, 1.165) is 25.1 Å². The second kappa shape index (κ2) is 4.34. The second-order valence-electron chi connectivity index (χ2n) is 2.39. The molecular formula is C7H12ClN3. The molecule has 0 atom stereocenters. The average Bonchev–Trinajstić information content (AvgIpc) is 2.39. The van der Waals surface area contributed by atoms with Gasteiger partial charge < -0.3 is 0 Å². The van der Waals surface area contributed by atoms with Gasteiger partial charge in [-0.3, -0.25) is 0 Å². The van der Waals surface area contributed by atoms with Gasteiger partial charge in [-0.25, -0.2) is 4.68 Å². The van der Waals surface area contributed by atoms with E-state index in [-0.39, 0.29) is 0 Å². The van der Waals surface area contributed by atoms with Crippen molar-refractivity contribution >= 4 is 11.6 Å². The summed E-state index contributed by atoms with van der Waals surface area (Å²) >= 11 is 5.60. The number of aromatic nitrogens is 3. The largest absolute Gasteiger partial charge is 0.249 e. The van der Waals surface area contributed by atoms with Gasteiger partial charge in [0.15, 0.2) is 0 Å². The molecule has 0 saturated carbocycles. The van der Waals surface area contributed by atoms with E-state index in [2.05, 4.69) is 17.2 Å². The molecule has 1 aromatic rings. The van der Waals surface area contributed by atoms with Crippen molar-refractivity contribution in [2.45, 2.75) is 26.3 Å². The average molecular weight is 174 g/mol. The lowest BCUT2D eigenvalue weighted by molar-refractivity contribution is 0.558. The number of alkyl halides is 1. The minimum Gasteiger partial charge on any atom is -0.249 e. The van der Waals surface area contributed by atoms with E-state index in [1.165, 1.54) is 0 Å². The molecule has 0 bridgehead atoms. The maximum Gasteiger partial charge on any atom is 0.0725 e. The Morgan fingerprint density at radius 2 is 2.45 bits per heavy atom. The fraction of sp³-hybridized carbons (Fsp3) is 0.714. The number of hydrogen-bond acceptors (Lipinski definition) is 2. The molecule has 0 aliphatic rings. The minimum atomic E-state index is 0.636. The topological polar surface area (TPSA) is 30.7 Å². The predicted molar refractivity (Wildman–Crippen MR) is 44.7 cm³/mol. The van der Waals surface area contributed by atoms with E-state index in [0.29, 0.717) is 5.88 Å². The fourth-order valence-electron chi connectivity index (χ4n) is 0.969. The van der Waals surface area contributed by atoms with Crippen molar-refractivity contribution in [1.29, 1.82) is 0 Å². The molecule has 0 aliphatic carbocycles. The molecule has 0 spiro atoms. The Labute approximate surface area is 71.4 Å². The fourth-order valence-corrected chi connectivity index (χ4v) is 1.16. The van der Waals surface area contributed by atoms with E-state index in [4.69, 9.17) is 11.6 Å². The highest BCUT2D eigenvalue weighted by Gasteiger charge is 2.00.